The molecular weight excluding hydrogens is 200 g/mol. The lowest BCUT2D eigenvalue weighted by molar-refractivity contribution is 0.363. The quantitative estimate of drug-likeness (QED) is 0.829. The first-order valence-electron chi connectivity index (χ1n) is 6.45. The summed E-state index contributed by atoms with van der Waals surface area (Å²) in [5.41, 5.74) is 0.0547. The molecule has 3 rings (SSSR count). The molecule has 0 aromatic carbocycles. The van der Waals surface area contributed by atoms with Crippen LogP contribution in [0.5, 0.6) is 0 Å². The second-order valence-electron chi connectivity index (χ2n) is 5.36. The van der Waals surface area contributed by atoms with Gasteiger partial charge in [-0.2, -0.15) is 0 Å². The van der Waals surface area contributed by atoms with Crippen molar-refractivity contribution in [2.24, 2.45) is 0 Å². The van der Waals surface area contributed by atoms with E-state index in [1.54, 1.807) is 0 Å². The van der Waals surface area contributed by atoms with Crippen LogP contribution in [-0.2, 0) is 5.54 Å². The Bertz CT molecular complexity index is 359. The molecule has 0 radical (unpaired) electrons. The highest BCUT2D eigenvalue weighted by Gasteiger charge is 2.36. The summed E-state index contributed by atoms with van der Waals surface area (Å²) in [4.78, 5) is 0. The highest BCUT2D eigenvalue weighted by Crippen LogP contribution is 2.35. The molecule has 0 bridgehead atoms. The maximum atomic E-state index is 4.36. The summed E-state index contributed by atoms with van der Waals surface area (Å²) < 4.78 is 2.32. The van der Waals surface area contributed by atoms with Gasteiger partial charge in [-0.15, -0.1) is 10.2 Å². The van der Waals surface area contributed by atoms with Gasteiger partial charge in [0.1, 0.15) is 6.33 Å². The fraction of sp³-hybridized carbons (Fsp3) is 0.833. The average molecular weight is 220 g/mol. The maximum absolute atomic E-state index is 4.36. The van der Waals surface area contributed by atoms with E-state index in [1.807, 2.05) is 6.33 Å². The summed E-state index contributed by atoms with van der Waals surface area (Å²) in [6.07, 6.45) is 9.64. The van der Waals surface area contributed by atoms with Crippen LogP contribution in [0.4, 0.5) is 0 Å². The Morgan fingerprint density at radius 1 is 1.38 bits per heavy atom. The van der Waals surface area contributed by atoms with E-state index in [1.165, 1.54) is 38.5 Å². The van der Waals surface area contributed by atoms with Crippen molar-refractivity contribution < 1.29 is 0 Å². The van der Waals surface area contributed by atoms with Gasteiger partial charge < -0.3 is 9.88 Å². The van der Waals surface area contributed by atoms with Crippen molar-refractivity contribution in [1.29, 1.82) is 0 Å². The minimum atomic E-state index is 0.0547. The third kappa shape index (κ3) is 1.56. The van der Waals surface area contributed by atoms with Gasteiger partial charge in [0, 0.05) is 6.04 Å². The summed E-state index contributed by atoms with van der Waals surface area (Å²) in [5, 5.41) is 12.1. The molecule has 1 aliphatic carbocycles. The van der Waals surface area contributed by atoms with Crippen LogP contribution in [0.25, 0.3) is 0 Å². The van der Waals surface area contributed by atoms with Crippen LogP contribution >= 0.6 is 0 Å². The van der Waals surface area contributed by atoms with Crippen molar-refractivity contribution in [2.45, 2.75) is 57.0 Å². The van der Waals surface area contributed by atoms with Gasteiger partial charge in [0.2, 0.25) is 0 Å². The maximum Gasteiger partial charge on any atom is 0.153 e. The van der Waals surface area contributed by atoms with E-state index >= 15 is 0 Å². The van der Waals surface area contributed by atoms with E-state index in [9.17, 15) is 0 Å². The van der Waals surface area contributed by atoms with Gasteiger partial charge in [-0.05, 0) is 39.2 Å². The molecule has 1 unspecified atom stereocenters. The van der Waals surface area contributed by atoms with E-state index in [-0.39, 0.29) is 5.54 Å². The minimum Gasteiger partial charge on any atom is -0.313 e. The summed E-state index contributed by atoms with van der Waals surface area (Å²) >= 11 is 0. The van der Waals surface area contributed by atoms with Crippen LogP contribution in [0, 0.1) is 0 Å². The predicted molar refractivity (Wildman–Crippen MR) is 62.1 cm³/mol. The molecule has 16 heavy (non-hydrogen) atoms. The van der Waals surface area contributed by atoms with E-state index < -0.39 is 0 Å². The number of nitrogens with zero attached hydrogens (tertiary/aromatic N) is 3. The molecule has 1 aromatic rings. The molecule has 2 fully saturated rings. The van der Waals surface area contributed by atoms with Gasteiger partial charge >= 0.3 is 0 Å². The van der Waals surface area contributed by atoms with Gasteiger partial charge in [0.25, 0.3) is 0 Å². The molecular formula is C12H20N4. The number of nitrogens with one attached hydrogen (secondary N) is 1. The SMILES string of the molecule is CC1(c2nncn2C2CCCC2)CCCN1. The lowest BCUT2D eigenvalue weighted by Crippen LogP contribution is -2.36. The van der Waals surface area contributed by atoms with Crippen LogP contribution in [0.1, 0.15) is 57.3 Å². The van der Waals surface area contributed by atoms with Crippen LogP contribution in [0.3, 0.4) is 0 Å². The molecule has 1 saturated carbocycles. The number of rotatable bonds is 2. The van der Waals surface area contributed by atoms with E-state index in [0.717, 1.165) is 12.4 Å². The molecule has 2 aliphatic rings. The highest BCUT2D eigenvalue weighted by atomic mass is 15.3. The van der Waals surface area contributed by atoms with E-state index in [0.29, 0.717) is 6.04 Å². The standard InChI is InChI=1S/C12H20N4/c1-12(7-4-8-13-12)11-15-14-9-16(11)10-5-2-3-6-10/h9-10,13H,2-8H2,1H3. The van der Waals surface area contributed by atoms with Crippen LogP contribution in [-0.4, -0.2) is 21.3 Å². The molecule has 2 heterocycles. The van der Waals surface area contributed by atoms with Crippen molar-refractivity contribution in [1.82, 2.24) is 20.1 Å². The van der Waals surface area contributed by atoms with Crippen molar-refractivity contribution in [2.75, 3.05) is 6.54 Å². The zero-order chi connectivity index (χ0) is 11.0. The Labute approximate surface area is 96.4 Å². The molecule has 1 aromatic heterocycles. The predicted octanol–water partition coefficient (Wildman–Crippen LogP) is 1.99. The van der Waals surface area contributed by atoms with Gasteiger partial charge in [-0.1, -0.05) is 12.8 Å². The topological polar surface area (TPSA) is 42.7 Å². The fourth-order valence-corrected chi connectivity index (χ4v) is 3.17. The summed E-state index contributed by atoms with van der Waals surface area (Å²) in [6.45, 7) is 3.36. The first kappa shape index (κ1) is 10.3. The Morgan fingerprint density at radius 3 is 2.88 bits per heavy atom. The lowest BCUT2D eigenvalue weighted by Gasteiger charge is -2.26. The molecule has 4 heteroatoms. The fourth-order valence-electron chi connectivity index (χ4n) is 3.17. The van der Waals surface area contributed by atoms with E-state index in [4.69, 9.17) is 0 Å². The van der Waals surface area contributed by atoms with Crippen molar-refractivity contribution >= 4 is 0 Å². The largest absolute Gasteiger partial charge is 0.313 e. The third-order valence-electron chi connectivity index (χ3n) is 4.15. The summed E-state index contributed by atoms with van der Waals surface area (Å²) in [5.74, 6) is 1.15. The van der Waals surface area contributed by atoms with Gasteiger partial charge in [-0.25, -0.2) is 0 Å². The molecule has 1 N–H and O–H groups in total. The first-order valence-corrected chi connectivity index (χ1v) is 6.45. The number of hydrogen-bond acceptors (Lipinski definition) is 3. The Morgan fingerprint density at radius 2 is 2.19 bits per heavy atom. The molecule has 1 saturated heterocycles. The summed E-state index contributed by atoms with van der Waals surface area (Å²) in [6, 6.07) is 0.643. The monoisotopic (exact) mass is 220 g/mol. The third-order valence-corrected chi connectivity index (χ3v) is 4.15. The Hall–Kier alpha value is -0.900. The van der Waals surface area contributed by atoms with E-state index in [2.05, 4.69) is 27.0 Å². The summed E-state index contributed by atoms with van der Waals surface area (Å²) in [7, 11) is 0. The van der Waals surface area contributed by atoms with Gasteiger partial charge in [0.15, 0.2) is 5.82 Å². The molecule has 4 nitrogen and oxygen atoms in total. The zero-order valence-corrected chi connectivity index (χ0v) is 9.95. The van der Waals surface area contributed by atoms with Crippen LogP contribution in [0.15, 0.2) is 6.33 Å². The average Bonchev–Trinajstić information content (AvgIpc) is 2.98. The normalized spacial score (nSPS) is 31.3. The number of aromatic nitrogens is 3. The second-order valence-corrected chi connectivity index (χ2v) is 5.36. The second kappa shape index (κ2) is 3.84. The Kier molecular flexibility index (Phi) is 2.46. The van der Waals surface area contributed by atoms with Gasteiger partial charge in [-0.3, -0.25) is 0 Å². The number of hydrogen-bond donors (Lipinski definition) is 1. The molecule has 1 aliphatic heterocycles. The zero-order valence-electron chi connectivity index (χ0n) is 9.95. The van der Waals surface area contributed by atoms with Gasteiger partial charge in [0.05, 0.1) is 5.54 Å². The first-order chi connectivity index (χ1) is 7.80. The highest BCUT2D eigenvalue weighted by molar-refractivity contribution is 5.08. The van der Waals surface area contributed by atoms with Crippen molar-refractivity contribution in [3.8, 4) is 0 Å². The molecule has 1 atom stereocenters. The minimum absolute atomic E-state index is 0.0547. The van der Waals surface area contributed by atoms with Crippen LogP contribution in [0.2, 0.25) is 0 Å². The van der Waals surface area contributed by atoms with Crippen LogP contribution < -0.4 is 5.32 Å². The Balaban J connectivity index is 1.92. The molecule has 88 valence electrons. The smallest absolute Gasteiger partial charge is 0.153 e. The molecule has 0 amide bonds. The lowest BCUT2D eigenvalue weighted by atomic mass is 9.99. The van der Waals surface area contributed by atoms with Crippen molar-refractivity contribution in [3.63, 3.8) is 0 Å². The molecule has 0 spiro atoms. The van der Waals surface area contributed by atoms with Crippen molar-refractivity contribution in [3.05, 3.63) is 12.2 Å².